The molecule has 0 radical (unpaired) electrons. The Hall–Kier alpha value is -4.36. The van der Waals surface area contributed by atoms with Crippen molar-refractivity contribution in [2.45, 2.75) is 65.1 Å². The van der Waals surface area contributed by atoms with Gasteiger partial charge < -0.3 is 24.1 Å². The van der Waals surface area contributed by atoms with Crippen LogP contribution in [0.1, 0.15) is 61.6 Å². The van der Waals surface area contributed by atoms with Crippen LogP contribution in [0.3, 0.4) is 0 Å². The number of amides is 1. The van der Waals surface area contributed by atoms with Gasteiger partial charge in [0.05, 0.1) is 17.8 Å². The van der Waals surface area contributed by atoms with Gasteiger partial charge in [0.15, 0.2) is 0 Å². The molecule has 1 unspecified atom stereocenters. The predicted octanol–water partition coefficient (Wildman–Crippen LogP) is 4.81. The lowest BCUT2D eigenvalue weighted by atomic mass is 10.0. The largest absolute Gasteiger partial charge is 0.444 e. The second kappa shape index (κ2) is 11.3. The number of hydrogen-bond donors (Lipinski definition) is 1. The molecule has 5 rings (SSSR count). The summed E-state index contributed by atoms with van der Waals surface area (Å²) < 4.78 is 8.85. The molecule has 1 N–H and O–H groups in total. The summed E-state index contributed by atoms with van der Waals surface area (Å²) in [5.74, 6) is 0.405. The van der Waals surface area contributed by atoms with Crippen LogP contribution in [0.2, 0.25) is 0 Å². The average Bonchev–Trinajstić information content (AvgIpc) is 3.29. The highest BCUT2D eigenvalue weighted by Gasteiger charge is 2.29. The van der Waals surface area contributed by atoms with Crippen molar-refractivity contribution in [3.63, 3.8) is 0 Å². The summed E-state index contributed by atoms with van der Waals surface area (Å²) in [7, 11) is 1.63. The molecule has 0 saturated carbocycles. The zero-order chi connectivity index (χ0) is 29.3. The molecule has 0 spiro atoms. The van der Waals surface area contributed by atoms with E-state index in [0.717, 1.165) is 30.5 Å². The van der Waals surface area contributed by atoms with Crippen molar-refractivity contribution in [2.24, 2.45) is 7.05 Å². The molecular weight excluding hydrogens is 518 g/mol. The summed E-state index contributed by atoms with van der Waals surface area (Å²) >= 11 is 0. The first kappa shape index (κ1) is 28.2. The molecule has 9 nitrogen and oxygen atoms in total. The Labute approximate surface area is 239 Å². The molecule has 1 aromatic carbocycles. The maximum absolute atomic E-state index is 13.9. The number of carbonyl (C=O) groups excluding carboxylic acids is 2. The number of alkyl carbamates (subject to hydrolysis) is 1. The number of hydrogen-bond acceptors (Lipinski definition) is 6. The van der Waals surface area contributed by atoms with Gasteiger partial charge >= 0.3 is 6.09 Å². The molecule has 1 fully saturated rings. The van der Waals surface area contributed by atoms with Gasteiger partial charge in [-0.25, -0.2) is 9.78 Å². The predicted molar refractivity (Wildman–Crippen MR) is 160 cm³/mol. The first-order valence-electron chi connectivity index (χ1n) is 14.1. The van der Waals surface area contributed by atoms with Crippen LogP contribution in [0.5, 0.6) is 0 Å². The summed E-state index contributed by atoms with van der Waals surface area (Å²) in [6, 6.07) is 9.64. The summed E-state index contributed by atoms with van der Waals surface area (Å²) in [6.07, 6.45) is 7.12. The third kappa shape index (κ3) is 6.05. The van der Waals surface area contributed by atoms with Gasteiger partial charge in [-0.1, -0.05) is 36.4 Å². The van der Waals surface area contributed by atoms with Crippen molar-refractivity contribution in [3.8, 4) is 0 Å². The standard InChI is InChI=1S/C32H37N5O4/c1-21-12-9-10-15-23(21)19-37-27-25(18-26(35(5)29(27)39)28(38)22-13-7-6-8-14-22)34-30(37)36-17-11-16-24(20-36)33-31(40)41-32(2,3)4/h6-10,12,15,18,24H,11,13,16-17,19-20H2,1-5H3,(H,33,40). The summed E-state index contributed by atoms with van der Waals surface area (Å²) in [4.78, 5) is 46.8. The van der Waals surface area contributed by atoms with Crippen LogP contribution < -0.4 is 15.8 Å². The van der Waals surface area contributed by atoms with E-state index in [1.54, 1.807) is 19.2 Å². The Morgan fingerprint density at radius 3 is 2.71 bits per heavy atom. The van der Waals surface area contributed by atoms with E-state index in [1.807, 2.05) is 68.7 Å². The minimum Gasteiger partial charge on any atom is -0.444 e. The zero-order valence-corrected chi connectivity index (χ0v) is 24.4. The van der Waals surface area contributed by atoms with Crippen molar-refractivity contribution >= 4 is 28.9 Å². The highest BCUT2D eigenvalue weighted by Crippen LogP contribution is 2.27. The van der Waals surface area contributed by atoms with Crippen molar-refractivity contribution in [1.82, 2.24) is 19.4 Å². The Morgan fingerprint density at radius 2 is 2.00 bits per heavy atom. The Balaban J connectivity index is 1.57. The first-order valence-corrected chi connectivity index (χ1v) is 14.1. The van der Waals surface area contributed by atoms with Crippen LogP contribution in [0.4, 0.5) is 10.7 Å². The number of ketones is 1. The fourth-order valence-electron chi connectivity index (χ4n) is 5.37. The van der Waals surface area contributed by atoms with E-state index in [9.17, 15) is 14.4 Å². The van der Waals surface area contributed by atoms with Crippen LogP contribution in [0, 0.1) is 6.92 Å². The number of nitrogens with one attached hydrogen (secondary N) is 1. The number of aromatic nitrogens is 3. The number of allylic oxidation sites excluding steroid dienone is 3. The summed E-state index contributed by atoms with van der Waals surface area (Å²) in [5.41, 5.74) is 6.02. The number of anilines is 1. The number of ether oxygens (including phenoxy) is 1. The van der Waals surface area contributed by atoms with Crippen molar-refractivity contribution in [2.75, 3.05) is 18.0 Å². The van der Waals surface area contributed by atoms with Crippen molar-refractivity contribution in [1.29, 1.82) is 0 Å². The van der Waals surface area contributed by atoms with Crippen LogP contribution in [-0.2, 0) is 18.3 Å². The number of nitrogens with zero attached hydrogens (tertiary/aromatic N) is 4. The topological polar surface area (TPSA) is 98.5 Å². The van der Waals surface area contributed by atoms with Gasteiger partial charge in [-0.3, -0.25) is 9.59 Å². The zero-order valence-electron chi connectivity index (χ0n) is 24.4. The van der Waals surface area contributed by atoms with Gasteiger partial charge in [-0.05, 0) is 63.8 Å². The lowest BCUT2D eigenvalue weighted by Gasteiger charge is -2.34. The SMILES string of the molecule is Cc1ccccc1Cn1c(N2CCCC(NC(=O)OC(C)(C)C)C2)nc2cc(C(=O)C3=C=CC=CC3)n(C)c(=O)c21. The molecule has 1 atom stereocenters. The second-order valence-electron chi connectivity index (χ2n) is 11.7. The van der Waals surface area contributed by atoms with E-state index in [2.05, 4.69) is 15.9 Å². The highest BCUT2D eigenvalue weighted by atomic mass is 16.6. The molecule has 1 amide bonds. The number of carbonyl (C=O) groups is 2. The fraction of sp³-hybridized carbons (Fsp3) is 0.406. The third-order valence-corrected chi connectivity index (χ3v) is 7.45. The lowest BCUT2D eigenvalue weighted by Crippen LogP contribution is -2.49. The van der Waals surface area contributed by atoms with E-state index >= 15 is 0 Å². The van der Waals surface area contributed by atoms with E-state index in [1.165, 1.54) is 4.57 Å². The molecule has 0 bridgehead atoms. The van der Waals surface area contributed by atoms with Gasteiger partial charge in [0, 0.05) is 38.2 Å². The van der Waals surface area contributed by atoms with Crippen molar-refractivity contribution < 1.29 is 14.3 Å². The Kier molecular flexibility index (Phi) is 7.74. The van der Waals surface area contributed by atoms with Gasteiger partial charge in [-0.2, -0.15) is 0 Å². The monoisotopic (exact) mass is 555 g/mol. The Bertz CT molecular complexity index is 1660. The average molecular weight is 556 g/mol. The fourth-order valence-corrected chi connectivity index (χ4v) is 5.37. The molecule has 41 heavy (non-hydrogen) atoms. The quantitative estimate of drug-likeness (QED) is 0.346. The minimum absolute atomic E-state index is 0.136. The number of imidazole rings is 1. The van der Waals surface area contributed by atoms with Crippen LogP contribution in [0.15, 0.2) is 64.7 Å². The highest BCUT2D eigenvalue weighted by molar-refractivity contribution is 6.09. The van der Waals surface area contributed by atoms with E-state index < -0.39 is 11.7 Å². The van der Waals surface area contributed by atoms with Gasteiger partial charge in [0.1, 0.15) is 11.1 Å². The second-order valence-corrected chi connectivity index (χ2v) is 11.7. The summed E-state index contributed by atoms with van der Waals surface area (Å²) in [5, 5.41) is 3.00. The van der Waals surface area contributed by atoms with Crippen LogP contribution >= 0.6 is 0 Å². The number of fused-ring (bicyclic) bond motifs is 1. The molecule has 2 aromatic heterocycles. The first-order chi connectivity index (χ1) is 19.5. The molecule has 1 saturated heterocycles. The number of Topliss-reactive ketones (excluding diaryl/α,β-unsaturated/α-hetero) is 1. The van der Waals surface area contributed by atoms with E-state index in [-0.39, 0.29) is 23.1 Å². The van der Waals surface area contributed by atoms with Gasteiger partial charge in [0.25, 0.3) is 5.56 Å². The minimum atomic E-state index is -0.588. The maximum atomic E-state index is 13.9. The smallest absolute Gasteiger partial charge is 0.407 e. The van der Waals surface area contributed by atoms with Gasteiger partial charge in [-0.15, -0.1) is 5.73 Å². The number of benzene rings is 1. The van der Waals surface area contributed by atoms with Crippen molar-refractivity contribution in [3.05, 3.63) is 87.0 Å². The Morgan fingerprint density at radius 1 is 1.22 bits per heavy atom. The molecule has 2 aliphatic rings. The molecule has 214 valence electrons. The number of piperidine rings is 1. The molecule has 3 heterocycles. The molecule has 1 aliphatic heterocycles. The number of pyridine rings is 1. The third-order valence-electron chi connectivity index (χ3n) is 7.45. The normalized spacial score (nSPS) is 17.0. The molecule has 9 heteroatoms. The number of rotatable bonds is 6. The van der Waals surface area contributed by atoms with E-state index in [4.69, 9.17) is 9.72 Å². The van der Waals surface area contributed by atoms with Gasteiger partial charge in [0.2, 0.25) is 11.7 Å². The maximum Gasteiger partial charge on any atom is 0.407 e. The number of aryl methyl sites for hydroxylation is 1. The molecular formula is C32H37N5O4. The lowest BCUT2D eigenvalue weighted by molar-refractivity contribution is 0.0499. The van der Waals surface area contributed by atoms with Crippen LogP contribution in [-0.4, -0.2) is 50.7 Å². The van der Waals surface area contributed by atoms with E-state index in [0.29, 0.717) is 42.1 Å². The van der Waals surface area contributed by atoms with Crippen LogP contribution in [0.25, 0.3) is 11.0 Å². The molecule has 1 aliphatic carbocycles. The summed E-state index contributed by atoms with van der Waals surface area (Å²) in [6.45, 7) is 9.25. The molecule has 3 aromatic rings.